The molecule has 4 rings (SSSR count). The van der Waals surface area contributed by atoms with E-state index in [0.29, 0.717) is 37.7 Å². The maximum Gasteiger partial charge on any atom is 0.258 e. The molecular weight excluding hydrogens is 406 g/mol. The number of amides is 1. The number of fused-ring (bicyclic) bond motifs is 1. The molecule has 1 aliphatic heterocycles. The fourth-order valence-corrected chi connectivity index (χ4v) is 4.15. The summed E-state index contributed by atoms with van der Waals surface area (Å²) in [6.45, 7) is 7.72. The van der Waals surface area contributed by atoms with Gasteiger partial charge >= 0.3 is 0 Å². The molecule has 7 heteroatoms. The van der Waals surface area contributed by atoms with Crippen LogP contribution in [0.5, 0.6) is 5.75 Å². The normalized spacial score (nSPS) is 13.9. The van der Waals surface area contributed by atoms with Crippen LogP contribution < -0.4 is 20.1 Å². The van der Waals surface area contributed by atoms with Crippen molar-refractivity contribution >= 4 is 28.2 Å². The van der Waals surface area contributed by atoms with E-state index in [9.17, 15) is 9.59 Å². The molecule has 1 amide bonds. The van der Waals surface area contributed by atoms with Crippen molar-refractivity contribution in [3.8, 4) is 5.75 Å². The first-order valence-corrected chi connectivity index (χ1v) is 11.0. The number of carbonyl (C=O) groups is 1. The number of hydrogen-bond acceptors (Lipinski definition) is 5. The number of ether oxygens (including phenoxy) is 2. The van der Waals surface area contributed by atoms with Gasteiger partial charge < -0.3 is 23.8 Å². The van der Waals surface area contributed by atoms with Crippen LogP contribution >= 0.6 is 0 Å². The topological polar surface area (TPSA) is 64.0 Å². The number of morpholine rings is 1. The molecule has 0 saturated carbocycles. The average molecular weight is 436 g/mol. The number of anilines is 2. The Kier molecular flexibility index (Phi) is 6.46. The van der Waals surface area contributed by atoms with Crippen LogP contribution in [0.15, 0.2) is 53.3 Å². The summed E-state index contributed by atoms with van der Waals surface area (Å²) in [6.07, 6.45) is 0. The van der Waals surface area contributed by atoms with Crippen molar-refractivity contribution in [2.24, 2.45) is 0 Å². The molecule has 0 bridgehead atoms. The van der Waals surface area contributed by atoms with Crippen LogP contribution in [-0.2, 0) is 11.3 Å². The lowest BCUT2D eigenvalue weighted by Gasteiger charge is -2.30. The molecule has 168 valence electrons. The first-order chi connectivity index (χ1) is 15.5. The maximum absolute atomic E-state index is 13.2. The first-order valence-electron chi connectivity index (χ1n) is 11.0. The Hall–Kier alpha value is -3.32. The molecule has 1 fully saturated rings. The molecule has 1 saturated heterocycles. The number of nitrogens with zero attached hydrogens (tertiary/aromatic N) is 3. The quantitative estimate of drug-likeness (QED) is 0.593. The second kappa shape index (κ2) is 9.44. The second-order valence-corrected chi connectivity index (χ2v) is 7.74. The lowest BCUT2D eigenvalue weighted by molar-refractivity contribution is 0.0992. The number of carbonyl (C=O) groups excluding carboxylic acids is 1. The maximum atomic E-state index is 13.2. The van der Waals surface area contributed by atoms with E-state index in [1.165, 1.54) is 0 Å². The van der Waals surface area contributed by atoms with E-state index < -0.39 is 0 Å². The van der Waals surface area contributed by atoms with Gasteiger partial charge in [-0.1, -0.05) is 6.07 Å². The van der Waals surface area contributed by atoms with Gasteiger partial charge in [-0.15, -0.1) is 0 Å². The van der Waals surface area contributed by atoms with Gasteiger partial charge in [0.1, 0.15) is 5.75 Å². The summed E-state index contributed by atoms with van der Waals surface area (Å²) in [7, 11) is 1.76. The van der Waals surface area contributed by atoms with Gasteiger partial charge in [0.05, 0.1) is 31.0 Å². The van der Waals surface area contributed by atoms with Crippen LogP contribution in [0.3, 0.4) is 0 Å². The zero-order valence-corrected chi connectivity index (χ0v) is 18.8. The molecule has 32 heavy (non-hydrogen) atoms. The predicted octanol–water partition coefficient (Wildman–Crippen LogP) is 3.53. The summed E-state index contributed by atoms with van der Waals surface area (Å²) >= 11 is 0. The van der Waals surface area contributed by atoms with E-state index in [1.807, 2.05) is 44.2 Å². The summed E-state index contributed by atoms with van der Waals surface area (Å²) in [5.74, 6) is 0.550. The Balaban J connectivity index is 1.76. The largest absolute Gasteiger partial charge is 0.494 e. The van der Waals surface area contributed by atoms with E-state index >= 15 is 0 Å². The van der Waals surface area contributed by atoms with Gasteiger partial charge in [-0.25, -0.2) is 0 Å². The number of aromatic nitrogens is 1. The standard InChI is InChI=1S/C25H29N3O4/c1-4-28-22-10-9-19(26(3)25(30)18-7-6-8-20(15-18)32-5-2)16-21(22)23(17-24(28)29)27-11-13-31-14-12-27/h6-10,15-17H,4-5,11-14H2,1-3H3. The minimum absolute atomic E-state index is 0.0218. The summed E-state index contributed by atoms with van der Waals surface area (Å²) in [4.78, 5) is 29.8. The van der Waals surface area contributed by atoms with Gasteiger partial charge in [-0.05, 0) is 50.2 Å². The van der Waals surface area contributed by atoms with E-state index in [4.69, 9.17) is 9.47 Å². The van der Waals surface area contributed by atoms with Gasteiger partial charge in [0.2, 0.25) is 0 Å². The van der Waals surface area contributed by atoms with Gasteiger partial charge in [0.25, 0.3) is 11.5 Å². The molecule has 2 heterocycles. The van der Waals surface area contributed by atoms with Crippen LogP contribution in [0.2, 0.25) is 0 Å². The van der Waals surface area contributed by atoms with E-state index in [-0.39, 0.29) is 11.5 Å². The fourth-order valence-electron chi connectivity index (χ4n) is 4.15. The fraction of sp³-hybridized carbons (Fsp3) is 0.360. The van der Waals surface area contributed by atoms with Gasteiger partial charge in [-0.2, -0.15) is 0 Å². The molecule has 3 aromatic rings. The van der Waals surface area contributed by atoms with Crippen molar-refractivity contribution in [2.75, 3.05) is 49.8 Å². The molecule has 0 radical (unpaired) electrons. The van der Waals surface area contributed by atoms with Crippen LogP contribution in [0, 0.1) is 0 Å². The number of aryl methyl sites for hydroxylation is 1. The summed E-state index contributed by atoms with van der Waals surface area (Å²) in [5.41, 5.74) is 3.06. The summed E-state index contributed by atoms with van der Waals surface area (Å²) in [6, 6.07) is 14.7. The zero-order valence-electron chi connectivity index (χ0n) is 18.8. The van der Waals surface area contributed by atoms with E-state index in [0.717, 1.165) is 35.4 Å². The predicted molar refractivity (Wildman–Crippen MR) is 127 cm³/mol. The highest BCUT2D eigenvalue weighted by atomic mass is 16.5. The third-order valence-corrected chi connectivity index (χ3v) is 5.83. The highest BCUT2D eigenvalue weighted by Crippen LogP contribution is 2.30. The van der Waals surface area contributed by atoms with Gasteiger partial charge in [0.15, 0.2) is 0 Å². The monoisotopic (exact) mass is 435 g/mol. The molecule has 0 spiro atoms. The lowest BCUT2D eigenvalue weighted by Crippen LogP contribution is -2.37. The third kappa shape index (κ3) is 4.21. The Morgan fingerprint density at radius 3 is 2.59 bits per heavy atom. The molecule has 1 aliphatic rings. The highest BCUT2D eigenvalue weighted by Gasteiger charge is 2.20. The Labute approximate surface area is 187 Å². The molecular formula is C25H29N3O4. The minimum atomic E-state index is -0.123. The second-order valence-electron chi connectivity index (χ2n) is 7.74. The Morgan fingerprint density at radius 2 is 1.88 bits per heavy atom. The van der Waals surface area contributed by atoms with Crippen LogP contribution in [0.4, 0.5) is 11.4 Å². The number of benzene rings is 2. The van der Waals surface area contributed by atoms with Crippen molar-refractivity contribution in [1.82, 2.24) is 4.57 Å². The van der Waals surface area contributed by atoms with E-state index in [1.54, 1.807) is 34.7 Å². The van der Waals surface area contributed by atoms with Crippen molar-refractivity contribution in [3.05, 3.63) is 64.4 Å². The van der Waals surface area contributed by atoms with Crippen molar-refractivity contribution < 1.29 is 14.3 Å². The van der Waals surface area contributed by atoms with Crippen LogP contribution in [-0.4, -0.2) is 50.4 Å². The highest BCUT2D eigenvalue weighted by molar-refractivity contribution is 6.07. The van der Waals surface area contributed by atoms with Crippen molar-refractivity contribution in [1.29, 1.82) is 0 Å². The SMILES string of the molecule is CCOc1cccc(C(=O)N(C)c2ccc3c(c2)c(N2CCOCC2)cc(=O)n3CC)c1. The third-order valence-electron chi connectivity index (χ3n) is 5.83. The molecule has 2 aromatic carbocycles. The lowest BCUT2D eigenvalue weighted by atomic mass is 10.1. The smallest absolute Gasteiger partial charge is 0.258 e. The molecule has 7 nitrogen and oxygen atoms in total. The molecule has 1 aromatic heterocycles. The molecule has 0 unspecified atom stereocenters. The Bertz CT molecular complexity index is 1180. The summed E-state index contributed by atoms with van der Waals surface area (Å²) in [5, 5.41) is 0.952. The van der Waals surface area contributed by atoms with E-state index in [2.05, 4.69) is 4.90 Å². The zero-order chi connectivity index (χ0) is 22.7. The van der Waals surface area contributed by atoms with Crippen LogP contribution in [0.1, 0.15) is 24.2 Å². The Morgan fingerprint density at radius 1 is 1.09 bits per heavy atom. The number of rotatable bonds is 6. The number of hydrogen-bond donors (Lipinski definition) is 0. The van der Waals surface area contributed by atoms with Crippen LogP contribution in [0.25, 0.3) is 10.9 Å². The summed E-state index contributed by atoms with van der Waals surface area (Å²) < 4.78 is 12.8. The number of pyridine rings is 1. The van der Waals surface area contributed by atoms with Crippen molar-refractivity contribution in [3.63, 3.8) is 0 Å². The average Bonchev–Trinajstić information content (AvgIpc) is 2.83. The first kappa shape index (κ1) is 21.9. The minimum Gasteiger partial charge on any atom is -0.494 e. The molecule has 0 atom stereocenters. The molecule has 0 N–H and O–H groups in total. The molecule has 0 aliphatic carbocycles. The van der Waals surface area contributed by atoms with Crippen molar-refractivity contribution in [2.45, 2.75) is 20.4 Å². The van der Waals surface area contributed by atoms with Gasteiger partial charge in [-0.3, -0.25) is 9.59 Å². The van der Waals surface area contributed by atoms with Gasteiger partial charge in [0, 0.05) is 49.4 Å².